The maximum Gasteiger partial charge on any atom is 0.156 e. The number of anilines is 1. The largest absolute Gasteiger partial charge is 0.384 e. The molecule has 1 aromatic heterocycles. The summed E-state index contributed by atoms with van der Waals surface area (Å²) in [4.78, 5) is 8.07. The van der Waals surface area contributed by atoms with Crippen molar-refractivity contribution in [1.82, 2.24) is 9.97 Å². The highest BCUT2D eigenvalue weighted by Gasteiger charge is 1.97. The fourth-order valence-electron chi connectivity index (χ4n) is 0.850. The zero-order chi connectivity index (χ0) is 8.27. The van der Waals surface area contributed by atoms with E-state index in [0.29, 0.717) is 18.2 Å². The second-order valence-electron chi connectivity index (χ2n) is 2.28. The van der Waals surface area contributed by atoms with Gasteiger partial charge in [0.25, 0.3) is 0 Å². The Morgan fingerprint density at radius 1 is 1.55 bits per heavy atom. The molecule has 0 amide bonds. The Morgan fingerprint density at radius 3 is 2.82 bits per heavy atom. The van der Waals surface area contributed by atoms with Gasteiger partial charge in [-0.05, 0) is 6.92 Å². The van der Waals surface area contributed by atoms with Gasteiger partial charge in [-0.15, -0.1) is 0 Å². The smallest absolute Gasteiger partial charge is 0.156 e. The lowest BCUT2D eigenvalue weighted by Crippen LogP contribution is -2.01. The van der Waals surface area contributed by atoms with Gasteiger partial charge in [0.15, 0.2) is 5.82 Å². The molecule has 1 rings (SSSR count). The first-order valence-corrected chi connectivity index (χ1v) is 3.31. The van der Waals surface area contributed by atoms with Crippen LogP contribution in [0.25, 0.3) is 0 Å². The summed E-state index contributed by atoms with van der Waals surface area (Å²) in [6.07, 6.45) is 0. The quantitative estimate of drug-likeness (QED) is 0.672. The number of nitrogen functional groups attached to an aromatic ring is 1. The second-order valence-corrected chi connectivity index (χ2v) is 2.28. The molecular formula is C7H11N3O. The number of rotatable bonds is 2. The second kappa shape index (κ2) is 3.30. The van der Waals surface area contributed by atoms with Gasteiger partial charge >= 0.3 is 0 Å². The van der Waals surface area contributed by atoms with Crippen LogP contribution in [0.15, 0.2) is 6.07 Å². The van der Waals surface area contributed by atoms with Gasteiger partial charge in [-0.25, -0.2) is 9.97 Å². The average molecular weight is 153 g/mol. The summed E-state index contributed by atoms with van der Waals surface area (Å²) in [7, 11) is 1.60. The maximum atomic E-state index is 5.48. The normalized spacial score (nSPS) is 10.0. The van der Waals surface area contributed by atoms with Crippen LogP contribution >= 0.6 is 0 Å². The minimum atomic E-state index is 0.409. The molecule has 11 heavy (non-hydrogen) atoms. The fourth-order valence-corrected chi connectivity index (χ4v) is 0.850. The molecule has 60 valence electrons. The highest BCUT2D eigenvalue weighted by molar-refractivity contribution is 5.28. The Labute approximate surface area is 65.4 Å². The molecule has 0 saturated heterocycles. The molecule has 0 spiro atoms. The van der Waals surface area contributed by atoms with E-state index in [1.807, 2.05) is 6.92 Å². The predicted molar refractivity (Wildman–Crippen MR) is 41.9 cm³/mol. The number of aromatic nitrogens is 2. The van der Waals surface area contributed by atoms with Crippen molar-refractivity contribution in [3.63, 3.8) is 0 Å². The molecule has 0 radical (unpaired) electrons. The van der Waals surface area contributed by atoms with Gasteiger partial charge < -0.3 is 10.5 Å². The van der Waals surface area contributed by atoms with E-state index >= 15 is 0 Å². The van der Waals surface area contributed by atoms with Gasteiger partial charge in [0, 0.05) is 18.9 Å². The lowest BCUT2D eigenvalue weighted by Gasteiger charge is -2.00. The summed E-state index contributed by atoms with van der Waals surface area (Å²) in [5, 5.41) is 0. The molecule has 0 aliphatic heterocycles. The zero-order valence-corrected chi connectivity index (χ0v) is 6.66. The van der Waals surface area contributed by atoms with E-state index in [2.05, 4.69) is 9.97 Å². The molecule has 0 aliphatic carbocycles. The topological polar surface area (TPSA) is 61.0 Å². The number of ether oxygens (including phenoxy) is 1. The molecule has 1 aromatic rings. The molecule has 1 heterocycles. The third-order valence-corrected chi connectivity index (χ3v) is 1.19. The van der Waals surface area contributed by atoms with Crippen molar-refractivity contribution in [2.24, 2.45) is 0 Å². The summed E-state index contributed by atoms with van der Waals surface area (Å²) in [5.74, 6) is 1.12. The van der Waals surface area contributed by atoms with Crippen LogP contribution in [0.5, 0.6) is 0 Å². The van der Waals surface area contributed by atoms with Crippen LogP contribution in [0.2, 0.25) is 0 Å². The molecule has 0 aromatic carbocycles. The van der Waals surface area contributed by atoms with Gasteiger partial charge in [0.1, 0.15) is 12.4 Å². The van der Waals surface area contributed by atoms with Crippen molar-refractivity contribution in [2.75, 3.05) is 12.8 Å². The van der Waals surface area contributed by atoms with Gasteiger partial charge in [0.2, 0.25) is 0 Å². The Morgan fingerprint density at radius 2 is 2.27 bits per heavy atom. The van der Waals surface area contributed by atoms with Crippen molar-refractivity contribution >= 4 is 5.82 Å². The number of nitrogens with zero attached hydrogens (tertiary/aromatic N) is 2. The zero-order valence-electron chi connectivity index (χ0n) is 6.66. The lowest BCUT2D eigenvalue weighted by atomic mass is 10.4. The number of aryl methyl sites for hydroxylation is 1. The summed E-state index contributed by atoms with van der Waals surface area (Å²) in [6, 6.07) is 1.72. The van der Waals surface area contributed by atoms with Crippen LogP contribution in [-0.2, 0) is 11.3 Å². The number of hydrogen-bond acceptors (Lipinski definition) is 4. The molecule has 4 heteroatoms. The highest BCUT2D eigenvalue weighted by Crippen LogP contribution is 2.01. The Kier molecular flexibility index (Phi) is 2.38. The van der Waals surface area contributed by atoms with Crippen molar-refractivity contribution < 1.29 is 4.74 Å². The van der Waals surface area contributed by atoms with E-state index in [-0.39, 0.29) is 0 Å². The van der Waals surface area contributed by atoms with E-state index in [1.165, 1.54) is 0 Å². The number of methoxy groups -OCH3 is 1. The first-order chi connectivity index (χ1) is 5.22. The van der Waals surface area contributed by atoms with Gasteiger partial charge in [-0.3, -0.25) is 0 Å². The summed E-state index contributed by atoms with van der Waals surface area (Å²) >= 11 is 0. The van der Waals surface area contributed by atoms with Crippen molar-refractivity contribution in [3.8, 4) is 0 Å². The third-order valence-electron chi connectivity index (χ3n) is 1.19. The fraction of sp³-hybridized carbons (Fsp3) is 0.429. The van der Waals surface area contributed by atoms with Crippen molar-refractivity contribution in [2.45, 2.75) is 13.5 Å². The summed E-state index contributed by atoms with van der Waals surface area (Å²) < 4.78 is 4.86. The molecule has 0 aliphatic rings. The molecule has 0 saturated carbocycles. The summed E-state index contributed by atoms with van der Waals surface area (Å²) in [6.45, 7) is 2.28. The van der Waals surface area contributed by atoms with E-state index in [9.17, 15) is 0 Å². The molecule has 4 nitrogen and oxygen atoms in total. The monoisotopic (exact) mass is 153 g/mol. The van der Waals surface area contributed by atoms with E-state index in [4.69, 9.17) is 10.5 Å². The van der Waals surface area contributed by atoms with Crippen LogP contribution in [0.3, 0.4) is 0 Å². The maximum absolute atomic E-state index is 5.48. The van der Waals surface area contributed by atoms with Crippen LogP contribution in [0.1, 0.15) is 11.5 Å². The molecule has 0 atom stereocenters. The first kappa shape index (κ1) is 7.94. The molecular weight excluding hydrogens is 142 g/mol. The molecule has 0 unspecified atom stereocenters. The predicted octanol–water partition coefficient (Wildman–Crippen LogP) is 0.514. The lowest BCUT2D eigenvalue weighted by molar-refractivity contribution is 0.177. The van der Waals surface area contributed by atoms with E-state index < -0.39 is 0 Å². The van der Waals surface area contributed by atoms with Crippen LogP contribution in [0.4, 0.5) is 5.82 Å². The van der Waals surface area contributed by atoms with Crippen LogP contribution < -0.4 is 5.73 Å². The highest BCUT2D eigenvalue weighted by atomic mass is 16.5. The van der Waals surface area contributed by atoms with Crippen molar-refractivity contribution in [1.29, 1.82) is 0 Å². The first-order valence-electron chi connectivity index (χ1n) is 3.31. The Balaban J connectivity index is 2.89. The van der Waals surface area contributed by atoms with Gasteiger partial charge in [0.05, 0.1) is 0 Å². The molecule has 2 N–H and O–H groups in total. The van der Waals surface area contributed by atoms with Crippen LogP contribution in [-0.4, -0.2) is 17.1 Å². The van der Waals surface area contributed by atoms with E-state index in [1.54, 1.807) is 13.2 Å². The third kappa shape index (κ3) is 2.16. The van der Waals surface area contributed by atoms with Crippen molar-refractivity contribution in [3.05, 3.63) is 17.6 Å². The molecule has 0 fully saturated rings. The summed E-state index contributed by atoms with van der Waals surface area (Å²) in [5.41, 5.74) is 6.35. The Hall–Kier alpha value is -1.16. The number of nitrogens with two attached hydrogens (primary N) is 1. The van der Waals surface area contributed by atoms with Gasteiger partial charge in [-0.1, -0.05) is 0 Å². The SMILES string of the molecule is COCc1nc(C)cc(N)n1. The van der Waals surface area contributed by atoms with E-state index in [0.717, 1.165) is 5.69 Å². The molecule has 0 bridgehead atoms. The average Bonchev–Trinajstić information content (AvgIpc) is 1.85. The Bertz CT molecular complexity index is 229. The number of hydrogen-bond donors (Lipinski definition) is 1. The van der Waals surface area contributed by atoms with Crippen LogP contribution in [0, 0.1) is 6.92 Å². The minimum Gasteiger partial charge on any atom is -0.384 e. The standard InChI is InChI=1S/C7H11N3O/c1-5-3-6(8)10-7(9-5)4-11-2/h3H,4H2,1-2H3,(H2,8,9,10). The van der Waals surface area contributed by atoms with Gasteiger partial charge in [-0.2, -0.15) is 0 Å². The minimum absolute atomic E-state index is 0.409.